The Labute approximate surface area is 158 Å². The number of carbonyl (C=O) groups is 2. The zero-order chi connectivity index (χ0) is 18.9. The minimum atomic E-state index is -0.391. The van der Waals surface area contributed by atoms with Crippen molar-refractivity contribution in [3.63, 3.8) is 0 Å². The molecule has 2 aromatic carbocycles. The first kappa shape index (κ1) is 19.7. The summed E-state index contributed by atoms with van der Waals surface area (Å²) in [4.78, 5) is 24.9. The van der Waals surface area contributed by atoms with Crippen molar-refractivity contribution in [3.8, 4) is 0 Å². The Morgan fingerprint density at radius 2 is 1.73 bits per heavy atom. The summed E-state index contributed by atoms with van der Waals surface area (Å²) in [6.07, 6.45) is 1.60. The van der Waals surface area contributed by atoms with Crippen LogP contribution in [0.25, 0.3) is 6.08 Å². The molecule has 0 unspecified atom stereocenters. The number of hydrogen-bond acceptors (Lipinski definition) is 3. The molecule has 0 fully saturated rings. The van der Waals surface area contributed by atoms with E-state index in [9.17, 15) is 9.59 Å². The van der Waals surface area contributed by atoms with Crippen molar-refractivity contribution in [2.75, 3.05) is 20.3 Å². The minimum Gasteiger partial charge on any atom is -0.383 e. The molecule has 0 atom stereocenters. The zero-order valence-corrected chi connectivity index (χ0v) is 15.5. The number of carbonyl (C=O) groups excluding carboxylic acids is 2. The SMILES string of the molecule is COCCNC(=O)/C(=C\c1ccc(Cl)cc1)NC(=O)c1ccc(C)cc1. The monoisotopic (exact) mass is 372 g/mol. The first-order chi connectivity index (χ1) is 12.5. The first-order valence-electron chi connectivity index (χ1n) is 8.12. The number of halogens is 1. The van der Waals surface area contributed by atoms with E-state index in [1.807, 2.05) is 19.1 Å². The zero-order valence-electron chi connectivity index (χ0n) is 14.7. The summed E-state index contributed by atoms with van der Waals surface area (Å²) >= 11 is 5.89. The molecule has 26 heavy (non-hydrogen) atoms. The fourth-order valence-electron chi connectivity index (χ4n) is 2.15. The van der Waals surface area contributed by atoms with Gasteiger partial charge < -0.3 is 15.4 Å². The number of methoxy groups -OCH3 is 1. The van der Waals surface area contributed by atoms with E-state index in [1.165, 1.54) is 0 Å². The predicted octanol–water partition coefficient (Wildman–Crippen LogP) is 3.18. The highest BCUT2D eigenvalue weighted by atomic mass is 35.5. The average molecular weight is 373 g/mol. The number of aryl methyl sites for hydroxylation is 1. The van der Waals surface area contributed by atoms with Crippen LogP contribution in [-0.4, -0.2) is 32.1 Å². The number of ether oxygens (including phenoxy) is 1. The third-order valence-electron chi connectivity index (χ3n) is 3.58. The van der Waals surface area contributed by atoms with Crippen molar-refractivity contribution in [3.05, 3.63) is 75.9 Å². The van der Waals surface area contributed by atoms with Crippen LogP contribution in [0.4, 0.5) is 0 Å². The van der Waals surface area contributed by atoms with E-state index in [1.54, 1.807) is 49.6 Å². The second-order valence-corrected chi connectivity index (χ2v) is 6.11. The molecule has 136 valence electrons. The van der Waals surface area contributed by atoms with E-state index in [0.717, 1.165) is 11.1 Å². The van der Waals surface area contributed by atoms with Crippen LogP contribution in [0.5, 0.6) is 0 Å². The normalized spacial score (nSPS) is 11.1. The number of nitrogens with one attached hydrogen (secondary N) is 2. The van der Waals surface area contributed by atoms with Crippen LogP contribution in [0.3, 0.4) is 0 Å². The van der Waals surface area contributed by atoms with Gasteiger partial charge in [-0.2, -0.15) is 0 Å². The van der Waals surface area contributed by atoms with Crippen molar-refractivity contribution >= 4 is 29.5 Å². The van der Waals surface area contributed by atoms with Gasteiger partial charge in [-0.1, -0.05) is 41.4 Å². The van der Waals surface area contributed by atoms with Crippen LogP contribution < -0.4 is 10.6 Å². The van der Waals surface area contributed by atoms with Gasteiger partial charge in [0.2, 0.25) is 0 Å². The van der Waals surface area contributed by atoms with Gasteiger partial charge in [-0.15, -0.1) is 0 Å². The third kappa shape index (κ3) is 6.02. The Balaban J connectivity index is 2.21. The maximum atomic E-state index is 12.5. The lowest BCUT2D eigenvalue weighted by Gasteiger charge is -2.11. The van der Waals surface area contributed by atoms with Gasteiger partial charge in [0.05, 0.1) is 6.61 Å². The molecular weight excluding hydrogens is 352 g/mol. The maximum absolute atomic E-state index is 12.5. The molecular formula is C20H21ClN2O3. The molecule has 2 amide bonds. The number of rotatable bonds is 7. The van der Waals surface area contributed by atoms with E-state index >= 15 is 0 Å². The second kappa shape index (κ2) is 9.75. The standard InChI is InChI=1S/C20H21ClN2O3/c1-14-3-7-16(8-4-14)19(24)23-18(20(25)22-11-12-26-2)13-15-5-9-17(21)10-6-15/h3-10,13H,11-12H2,1-2H3,(H,22,25)(H,23,24)/b18-13+. The van der Waals surface area contributed by atoms with E-state index < -0.39 is 5.91 Å². The average Bonchev–Trinajstić information content (AvgIpc) is 2.63. The molecule has 0 bridgehead atoms. The first-order valence-corrected chi connectivity index (χ1v) is 8.50. The van der Waals surface area contributed by atoms with E-state index in [4.69, 9.17) is 16.3 Å². The van der Waals surface area contributed by atoms with Crippen LogP contribution in [0.15, 0.2) is 54.2 Å². The van der Waals surface area contributed by atoms with Crippen LogP contribution in [0, 0.1) is 6.92 Å². The van der Waals surface area contributed by atoms with Crippen molar-refractivity contribution in [1.82, 2.24) is 10.6 Å². The summed E-state index contributed by atoms with van der Waals surface area (Å²) in [7, 11) is 1.55. The molecule has 0 radical (unpaired) electrons. The third-order valence-corrected chi connectivity index (χ3v) is 3.83. The topological polar surface area (TPSA) is 67.4 Å². The van der Waals surface area contributed by atoms with Gasteiger partial charge in [-0.25, -0.2) is 0 Å². The van der Waals surface area contributed by atoms with Crippen molar-refractivity contribution in [2.24, 2.45) is 0 Å². The van der Waals surface area contributed by atoms with Gasteiger partial charge in [0.25, 0.3) is 11.8 Å². The van der Waals surface area contributed by atoms with Gasteiger partial charge in [0, 0.05) is 24.2 Å². The summed E-state index contributed by atoms with van der Waals surface area (Å²) in [5.74, 6) is -0.746. The molecule has 2 N–H and O–H groups in total. The lowest BCUT2D eigenvalue weighted by Crippen LogP contribution is -2.36. The molecule has 0 aromatic heterocycles. The van der Waals surface area contributed by atoms with Gasteiger partial charge >= 0.3 is 0 Å². The number of benzene rings is 2. The van der Waals surface area contributed by atoms with Crippen molar-refractivity contribution in [2.45, 2.75) is 6.92 Å². The Bertz CT molecular complexity index is 784. The molecule has 0 aliphatic rings. The smallest absolute Gasteiger partial charge is 0.267 e. The largest absolute Gasteiger partial charge is 0.383 e. The molecule has 0 saturated carbocycles. The summed E-state index contributed by atoms with van der Waals surface area (Å²) in [5.41, 5.74) is 2.42. The molecule has 2 aromatic rings. The molecule has 0 aliphatic carbocycles. The fourth-order valence-corrected chi connectivity index (χ4v) is 2.27. The minimum absolute atomic E-state index is 0.147. The lowest BCUT2D eigenvalue weighted by molar-refractivity contribution is -0.117. The molecule has 0 heterocycles. The fraction of sp³-hybridized carbons (Fsp3) is 0.200. The lowest BCUT2D eigenvalue weighted by atomic mass is 10.1. The summed E-state index contributed by atoms with van der Waals surface area (Å²) in [5, 5.41) is 5.98. The highest BCUT2D eigenvalue weighted by Crippen LogP contribution is 2.12. The Hall–Kier alpha value is -2.63. The van der Waals surface area contributed by atoms with Crippen LogP contribution in [0.1, 0.15) is 21.5 Å². The van der Waals surface area contributed by atoms with Crippen LogP contribution in [-0.2, 0) is 9.53 Å². The molecule has 0 aliphatic heterocycles. The van der Waals surface area contributed by atoms with E-state index in [0.29, 0.717) is 23.7 Å². The predicted molar refractivity (Wildman–Crippen MR) is 103 cm³/mol. The van der Waals surface area contributed by atoms with Crippen LogP contribution in [0.2, 0.25) is 5.02 Å². The number of amides is 2. The van der Waals surface area contributed by atoms with Crippen molar-refractivity contribution in [1.29, 1.82) is 0 Å². The molecule has 5 nitrogen and oxygen atoms in total. The van der Waals surface area contributed by atoms with E-state index in [2.05, 4.69) is 10.6 Å². The highest BCUT2D eigenvalue weighted by Gasteiger charge is 2.14. The Morgan fingerprint density at radius 3 is 2.35 bits per heavy atom. The van der Waals surface area contributed by atoms with Crippen LogP contribution >= 0.6 is 11.6 Å². The molecule has 0 saturated heterocycles. The Kier molecular flexibility index (Phi) is 7.38. The van der Waals surface area contributed by atoms with Crippen molar-refractivity contribution < 1.29 is 14.3 Å². The van der Waals surface area contributed by atoms with Gasteiger partial charge in [-0.05, 0) is 42.8 Å². The quantitative estimate of drug-likeness (QED) is 0.579. The Morgan fingerprint density at radius 1 is 1.08 bits per heavy atom. The second-order valence-electron chi connectivity index (χ2n) is 5.68. The molecule has 2 rings (SSSR count). The van der Waals surface area contributed by atoms with Gasteiger partial charge in [0.15, 0.2) is 0 Å². The highest BCUT2D eigenvalue weighted by molar-refractivity contribution is 6.30. The van der Waals surface area contributed by atoms with Gasteiger partial charge in [-0.3, -0.25) is 9.59 Å². The summed E-state index contributed by atoms with van der Waals surface area (Å²) in [6.45, 7) is 2.66. The maximum Gasteiger partial charge on any atom is 0.267 e. The summed E-state index contributed by atoms with van der Waals surface area (Å²) in [6, 6.07) is 14.1. The van der Waals surface area contributed by atoms with Gasteiger partial charge in [0.1, 0.15) is 5.70 Å². The molecule has 0 spiro atoms. The molecule has 6 heteroatoms. The number of hydrogen-bond donors (Lipinski definition) is 2. The summed E-state index contributed by atoms with van der Waals surface area (Å²) < 4.78 is 4.93. The van der Waals surface area contributed by atoms with E-state index in [-0.39, 0.29) is 11.6 Å².